The van der Waals surface area contributed by atoms with E-state index in [1.165, 1.54) is 11.8 Å². The van der Waals surface area contributed by atoms with Crippen LogP contribution in [0.3, 0.4) is 0 Å². The second kappa shape index (κ2) is 9.10. The van der Waals surface area contributed by atoms with E-state index in [9.17, 15) is 9.59 Å². The third kappa shape index (κ3) is 4.35. The molecule has 0 radical (unpaired) electrons. The van der Waals surface area contributed by atoms with Gasteiger partial charge in [0.25, 0.3) is 0 Å². The Morgan fingerprint density at radius 3 is 1.46 bits per heavy atom. The predicted octanol–water partition coefficient (Wildman–Crippen LogP) is 4.01. The van der Waals surface area contributed by atoms with E-state index in [1.807, 2.05) is 96.4 Å². The van der Waals surface area contributed by atoms with E-state index in [4.69, 9.17) is 5.11 Å². The lowest BCUT2D eigenvalue weighted by atomic mass is 9.84. The molecule has 0 saturated carbocycles. The molecule has 0 saturated heterocycles. The second-order valence-electron chi connectivity index (χ2n) is 6.05. The average Bonchev–Trinajstić information content (AvgIpc) is 2.75. The molecule has 0 bridgehead atoms. The van der Waals surface area contributed by atoms with Crippen molar-refractivity contribution in [1.29, 1.82) is 0 Å². The number of benzene rings is 3. The summed E-state index contributed by atoms with van der Waals surface area (Å²) in [5.41, 5.74) is 7.22. The molecule has 2 amide bonds. The molecule has 5 nitrogen and oxygen atoms in total. The number of thioether (sulfide) groups is 1. The lowest BCUT2D eigenvalue weighted by Gasteiger charge is -2.35. The molecule has 3 N–H and O–H groups in total. The minimum absolute atomic E-state index is 0.0684. The first kappa shape index (κ1) is 19.5. The molecular formula is C22H20N2O3S. The van der Waals surface area contributed by atoms with Crippen molar-refractivity contribution in [2.75, 3.05) is 5.75 Å². The maximum Gasteiger partial charge on any atom is 0.423 e. The standard InChI is InChI=1S/C22H20N2O3S/c25-20(23-24-21(26)27)16-28-22(17-10-4-1-5-11-17,18-12-6-2-7-13-18)19-14-8-3-9-15-19/h1-15,24H,16H2,(H,23,25)(H,26,27). The van der Waals surface area contributed by atoms with Gasteiger partial charge in [-0.05, 0) is 16.7 Å². The molecule has 142 valence electrons. The van der Waals surface area contributed by atoms with Gasteiger partial charge >= 0.3 is 6.09 Å². The Bertz CT molecular complexity index is 822. The van der Waals surface area contributed by atoms with Crippen LogP contribution < -0.4 is 10.9 Å². The summed E-state index contributed by atoms with van der Waals surface area (Å²) in [6.07, 6.45) is -1.31. The van der Waals surface area contributed by atoms with Crippen LogP contribution >= 0.6 is 11.8 Å². The van der Waals surface area contributed by atoms with Gasteiger partial charge in [-0.3, -0.25) is 10.2 Å². The molecule has 0 aliphatic heterocycles. The summed E-state index contributed by atoms with van der Waals surface area (Å²) in [5.74, 6) is -0.349. The van der Waals surface area contributed by atoms with Gasteiger partial charge in [-0.2, -0.15) is 0 Å². The number of hydrogen-bond donors (Lipinski definition) is 3. The lowest BCUT2D eigenvalue weighted by molar-refractivity contribution is -0.119. The summed E-state index contributed by atoms with van der Waals surface area (Å²) >= 11 is 1.44. The van der Waals surface area contributed by atoms with Gasteiger partial charge in [-0.1, -0.05) is 91.0 Å². The van der Waals surface area contributed by atoms with E-state index in [0.717, 1.165) is 16.7 Å². The third-order valence-corrected chi connectivity index (χ3v) is 5.82. The van der Waals surface area contributed by atoms with Crippen molar-refractivity contribution >= 4 is 23.8 Å². The lowest BCUT2D eigenvalue weighted by Crippen LogP contribution is -2.42. The van der Waals surface area contributed by atoms with Crippen molar-refractivity contribution in [2.24, 2.45) is 0 Å². The van der Waals surface area contributed by atoms with E-state index in [1.54, 1.807) is 0 Å². The molecule has 0 heterocycles. The van der Waals surface area contributed by atoms with Crippen LogP contribution in [-0.4, -0.2) is 22.9 Å². The summed E-state index contributed by atoms with van der Waals surface area (Å²) in [7, 11) is 0. The summed E-state index contributed by atoms with van der Waals surface area (Å²) in [4.78, 5) is 22.9. The highest BCUT2D eigenvalue weighted by Crippen LogP contribution is 2.48. The quantitative estimate of drug-likeness (QED) is 0.437. The molecule has 6 heteroatoms. The Morgan fingerprint density at radius 1 is 0.714 bits per heavy atom. The number of amides is 2. The van der Waals surface area contributed by atoms with Crippen molar-refractivity contribution in [2.45, 2.75) is 4.75 Å². The van der Waals surface area contributed by atoms with Crippen molar-refractivity contribution < 1.29 is 14.7 Å². The SMILES string of the molecule is O=C(O)NNC(=O)CSC(c1ccccc1)(c1ccccc1)c1ccccc1. The maximum absolute atomic E-state index is 12.2. The second-order valence-corrected chi connectivity index (χ2v) is 7.24. The van der Waals surface area contributed by atoms with Crippen LogP contribution in [0, 0.1) is 0 Å². The van der Waals surface area contributed by atoms with Gasteiger partial charge in [-0.25, -0.2) is 10.2 Å². The van der Waals surface area contributed by atoms with Gasteiger partial charge in [0.15, 0.2) is 0 Å². The average molecular weight is 392 g/mol. The monoisotopic (exact) mass is 392 g/mol. The van der Waals surface area contributed by atoms with Crippen LogP contribution in [0.15, 0.2) is 91.0 Å². The zero-order valence-electron chi connectivity index (χ0n) is 15.0. The van der Waals surface area contributed by atoms with Crippen molar-refractivity contribution in [1.82, 2.24) is 10.9 Å². The van der Waals surface area contributed by atoms with Crippen LogP contribution in [0.2, 0.25) is 0 Å². The first-order valence-electron chi connectivity index (χ1n) is 8.71. The van der Waals surface area contributed by atoms with Crippen LogP contribution in [0.1, 0.15) is 16.7 Å². The Kier molecular flexibility index (Phi) is 6.34. The fourth-order valence-electron chi connectivity index (χ4n) is 3.10. The number of hydrazine groups is 1. The molecule has 0 unspecified atom stereocenters. The predicted molar refractivity (Wildman–Crippen MR) is 111 cm³/mol. The van der Waals surface area contributed by atoms with E-state index in [-0.39, 0.29) is 5.75 Å². The smallest absolute Gasteiger partial charge is 0.423 e. The normalized spacial score (nSPS) is 10.9. The summed E-state index contributed by atoms with van der Waals surface area (Å²) < 4.78 is -0.621. The van der Waals surface area contributed by atoms with Crippen molar-refractivity contribution in [3.05, 3.63) is 108 Å². The first-order valence-corrected chi connectivity index (χ1v) is 9.70. The number of hydrogen-bond acceptors (Lipinski definition) is 3. The molecule has 3 aromatic rings. The molecule has 0 aliphatic carbocycles. The van der Waals surface area contributed by atoms with Crippen molar-refractivity contribution in [3.63, 3.8) is 0 Å². The van der Waals surface area contributed by atoms with E-state index in [2.05, 4.69) is 5.43 Å². The topological polar surface area (TPSA) is 78.4 Å². The Balaban J connectivity index is 2.06. The summed E-state index contributed by atoms with van der Waals surface area (Å²) in [5, 5.41) is 8.69. The number of rotatable bonds is 6. The summed E-state index contributed by atoms with van der Waals surface area (Å²) in [6.45, 7) is 0. The maximum atomic E-state index is 12.2. The minimum Gasteiger partial charge on any atom is -0.464 e. The van der Waals surface area contributed by atoms with E-state index < -0.39 is 16.7 Å². The molecule has 0 spiro atoms. The zero-order valence-corrected chi connectivity index (χ0v) is 15.9. The van der Waals surface area contributed by atoms with Gasteiger partial charge in [0.05, 0.1) is 10.5 Å². The van der Waals surface area contributed by atoms with Gasteiger partial charge in [-0.15, -0.1) is 11.8 Å². The fourth-order valence-corrected chi connectivity index (χ4v) is 4.43. The third-order valence-electron chi connectivity index (χ3n) is 4.27. The van der Waals surface area contributed by atoms with Crippen LogP contribution in [0.4, 0.5) is 4.79 Å². The molecule has 0 fully saturated rings. The molecule has 0 aliphatic rings. The first-order chi connectivity index (χ1) is 13.6. The molecule has 0 atom stereocenters. The zero-order chi connectivity index (χ0) is 19.8. The van der Waals surface area contributed by atoms with Gasteiger partial charge in [0.2, 0.25) is 5.91 Å². The van der Waals surface area contributed by atoms with E-state index >= 15 is 0 Å². The molecule has 3 aromatic carbocycles. The van der Waals surface area contributed by atoms with Gasteiger partial charge in [0.1, 0.15) is 0 Å². The Morgan fingerprint density at radius 2 is 1.11 bits per heavy atom. The number of carbonyl (C=O) groups excluding carboxylic acids is 1. The van der Waals surface area contributed by atoms with Gasteiger partial charge in [0, 0.05) is 0 Å². The highest BCUT2D eigenvalue weighted by atomic mass is 32.2. The van der Waals surface area contributed by atoms with Crippen LogP contribution in [-0.2, 0) is 9.54 Å². The highest BCUT2D eigenvalue weighted by Gasteiger charge is 2.37. The highest BCUT2D eigenvalue weighted by molar-refractivity contribution is 8.01. The fraction of sp³-hybridized carbons (Fsp3) is 0.0909. The Hall–Kier alpha value is -3.25. The number of carboxylic acid groups (broad SMARTS) is 1. The Labute approximate surface area is 167 Å². The van der Waals surface area contributed by atoms with Crippen molar-refractivity contribution in [3.8, 4) is 0 Å². The largest absolute Gasteiger partial charge is 0.464 e. The molecule has 0 aromatic heterocycles. The molecule has 3 rings (SSSR count). The van der Waals surface area contributed by atoms with Gasteiger partial charge < -0.3 is 5.11 Å². The minimum atomic E-state index is -1.31. The van der Waals surface area contributed by atoms with Crippen LogP contribution in [0.5, 0.6) is 0 Å². The number of carbonyl (C=O) groups is 2. The molecule has 28 heavy (non-hydrogen) atoms. The molecular weight excluding hydrogens is 372 g/mol. The van der Waals surface area contributed by atoms with Crippen LogP contribution in [0.25, 0.3) is 0 Å². The summed E-state index contributed by atoms with van der Waals surface area (Å²) in [6, 6.07) is 30.0. The van der Waals surface area contributed by atoms with E-state index in [0.29, 0.717) is 0 Å². The number of nitrogens with one attached hydrogen (secondary N) is 2.